The van der Waals surface area contributed by atoms with Gasteiger partial charge in [0.1, 0.15) is 0 Å². The van der Waals surface area contributed by atoms with E-state index in [1.54, 1.807) is 0 Å². The molecule has 0 amide bonds. The van der Waals surface area contributed by atoms with Crippen molar-refractivity contribution in [2.45, 2.75) is 65.1 Å². The number of benzene rings is 1. The van der Waals surface area contributed by atoms with Crippen LogP contribution >= 0.6 is 20.2 Å². The Bertz CT molecular complexity index is 646. The molecule has 2 rings (SSSR count). The Kier molecular flexibility index (Phi) is 5.62. The molecule has 0 aliphatic carbocycles. The predicted octanol–water partition coefficient (Wildman–Crippen LogP) is 5.94. The molecule has 0 radical (unpaired) electrons. The molecule has 1 aromatic carbocycles. The summed E-state index contributed by atoms with van der Waals surface area (Å²) in [6.07, 6.45) is 0. The van der Waals surface area contributed by atoms with Crippen LogP contribution in [0.1, 0.15) is 57.5 Å². The van der Waals surface area contributed by atoms with Crippen molar-refractivity contribution in [3.8, 4) is 9.47 Å². The van der Waals surface area contributed by atoms with Crippen molar-refractivity contribution in [3.63, 3.8) is 0 Å². The molecule has 1 heterocycles. The molecular weight excluding hydrogens is 415 g/mol. The quantitative estimate of drug-likeness (QED) is 0.329. The number of fused-ring (bicyclic) bond motifs is 1. The maximum absolute atomic E-state index is 12.2. The van der Waals surface area contributed by atoms with Gasteiger partial charge in [-0.1, -0.05) is 0 Å². The number of hydrogen-bond acceptors (Lipinski definition) is 2. The third-order valence-corrected chi connectivity index (χ3v) is 15.3. The molecule has 0 fully saturated rings. The molecule has 0 spiro atoms. The van der Waals surface area contributed by atoms with E-state index in [0.29, 0.717) is 16.6 Å². The van der Waals surface area contributed by atoms with E-state index < -0.39 is 28.3 Å². The first-order valence-corrected chi connectivity index (χ1v) is 13.5. The van der Waals surface area contributed by atoms with Gasteiger partial charge in [-0.05, 0) is 0 Å². The van der Waals surface area contributed by atoms with Crippen LogP contribution in [0.25, 0.3) is 0 Å². The zero-order chi connectivity index (χ0) is 17.4. The minimum absolute atomic E-state index is 0.163. The van der Waals surface area contributed by atoms with Crippen molar-refractivity contribution in [3.05, 3.63) is 32.9 Å². The second kappa shape index (κ2) is 6.98. The van der Waals surface area contributed by atoms with E-state index in [9.17, 15) is 4.79 Å². The van der Waals surface area contributed by atoms with Crippen LogP contribution in [0.3, 0.4) is 0 Å². The summed E-state index contributed by atoms with van der Waals surface area (Å²) in [6.45, 7) is 15.8. The van der Waals surface area contributed by atoms with E-state index in [2.05, 4.69) is 51.0 Å². The fraction of sp³-hybridized carbons (Fsp3) is 0.526. The zero-order valence-corrected chi connectivity index (χ0v) is 18.3. The Morgan fingerprint density at radius 3 is 2.13 bits per heavy atom. The first-order chi connectivity index (χ1) is 10.7. The van der Waals surface area contributed by atoms with Gasteiger partial charge < -0.3 is 0 Å². The number of carbonyl (C=O) groups is 1. The molecule has 0 aromatic heterocycles. The molecule has 23 heavy (non-hydrogen) atoms. The van der Waals surface area contributed by atoms with Crippen LogP contribution in [-0.4, -0.2) is 14.0 Å². The van der Waals surface area contributed by atoms with E-state index in [1.807, 2.05) is 25.1 Å². The van der Waals surface area contributed by atoms with Crippen LogP contribution in [0, 0.1) is 20.0 Å². The van der Waals surface area contributed by atoms with Gasteiger partial charge in [-0.3, -0.25) is 0 Å². The molecule has 4 heteroatoms. The Balaban J connectivity index is 2.47. The molecule has 1 aromatic rings. The van der Waals surface area contributed by atoms with Crippen LogP contribution in [0.15, 0.2) is 18.2 Å². The van der Waals surface area contributed by atoms with Crippen LogP contribution in [0.5, 0.6) is 0 Å². The fourth-order valence-corrected chi connectivity index (χ4v) is 14.0. The summed E-state index contributed by atoms with van der Waals surface area (Å²) in [6, 6.07) is 6.03. The summed E-state index contributed by atoms with van der Waals surface area (Å²) >= 11 is -2.16. The van der Waals surface area contributed by atoms with Gasteiger partial charge in [-0.2, -0.15) is 0 Å². The topological polar surface area (TPSA) is 26.3 Å². The number of hydrogen-bond donors (Lipinski definition) is 0. The molecule has 0 saturated carbocycles. The van der Waals surface area contributed by atoms with Crippen LogP contribution in [0.2, 0.25) is 16.6 Å². The first-order valence-electron chi connectivity index (χ1n) is 8.26. The zero-order valence-electron chi connectivity index (χ0n) is 15.2. The van der Waals surface area contributed by atoms with Gasteiger partial charge in [-0.25, -0.2) is 0 Å². The minimum atomic E-state index is -2.16. The summed E-state index contributed by atoms with van der Waals surface area (Å²) in [5.74, 6) is -0.163. The second-order valence-corrected chi connectivity index (χ2v) is 16.3. The van der Waals surface area contributed by atoms with Gasteiger partial charge in [0.2, 0.25) is 0 Å². The normalized spacial score (nSPS) is 15.7. The van der Waals surface area contributed by atoms with Crippen molar-refractivity contribution < 1.29 is 7.86 Å². The monoisotopic (exact) mass is 442 g/mol. The van der Waals surface area contributed by atoms with Gasteiger partial charge in [-0.15, -0.1) is 0 Å². The summed E-state index contributed by atoms with van der Waals surface area (Å²) < 4.78 is 10.3. The molecule has 126 valence electrons. The number of rotatable bonds is 3. The van der Waals surface area contributed by atoms with Crippen molar-refractivity contribution in [1.29, 1.82) is 0 Å². The number of carbonyl (C=O) groups excluding carboxylic acids is 1. The van der Waals surface area contributed by atoms with E-state index in [-0.39, 0.29) is 5.97 Å². The fourth-order valence-electron chi connectivity index (χ4n) is 3.81. The van der Waals surface area contributed by atoms with Gasteiger partial charge in [0.15, 0.2) is 0 Å². The van der Waals surface area contributed by atoms with Crippen LogP contribution < -0.4 is 0 Å². The molecule has 2 nitrogen and oxygen atoms in total. The van der Waals surface area contributed by atoms with E-state index >= 15 is 0 Å². The molecule has 0 saturated heterocycles. The molecular formula is C19H27IO2Si. The van der Waals surface area contributed by atoms with E-state index in [1.165, 1.54) is 0 Å². The van der Waals surface area contributed by atoms with Crippen molar-refractivity contribution in [2.24, 2.45) is 0 Å². The van der Waals surface area contributed by atoms with Crippen molar-refractivity contribution >= 4 is 34.3 Å². The molecule has 0 atom stereocenters. The van der Waals surface area contributed by atoms with Crippen LogP contribution in [-0.2, 0) is 3.07 Å². The van der Waals surface area contributed by atoms with Gasteiger partial charge in [0, 0.05) is 0 Å². The van der Waals surface area contributed by atoms with Crippen LogP contribution in [0.4, 0.5) is 0 Å². The standard InChI is InChI=1S/C19H27IO2Si/c1-13(2)23(14(3)4,15(5)6)12-11-20-17-10-8-9-16(7)18(17)19(21)22-20/h8-10,13-15H,1-7H3. The predicted molar refractivity (Wildman–Crippen MR) is 108 cm³/mol. The third kappa shape index (κ3) is 3.23. The van der Waals surface area contributed by atoms with Crippen molar-refractivity contribution in [1.82, 2.24) is 0 Å². The number of aryl methyl sites for hydroxylation is 1. The summed E-state index contributed by atoms with van der Waals surface area (Å²) in [7, 11) is -1.77. The summed E-state index contributed by atoms with van der Waals surface area (Å²) in [5.41, 5.74) is 7.31. The summed E-state index contributed by atoms with van der Waals surface area (Å²) in [5, 5.41) is 0. The molecule has 0 unspecified atom stereocenters. The molecule has 0 bridgehead atoms. The Morgan fingerprint density at radius 1 is 1.04 bits per heavy atom. The van der Waals surface area contributed by atoms with Gasteiger partial charge >= 0.3 is 150 Å². The summed E-state index contributed by atoms with van der Waals surface area (Å²) in [4.78, 5) is 12.2. The average Bonchev–Trinajstić information content (AvgIpc) is 2.76. The average molecular weight is 442 g/mol. The van der Waals surface area contributed by atoms with E-state index in [4.69, 9.17) is 3.07 Å². The molecule has 1 aliphatic heterocycles. The van der Waals surface area contributed by atoms with Gasteiger partial charge in [0.05, 0.1) is 0 Å². The second-order valence-electron chi connectivity index (χ2n) is 7.16. The molecule has 1 aliphatic rings. The Morgan fingerprint density at radius 2 is 1.61 bits per heavy atom. The van der Waals surface area contributed by atoms with E-state index in [0.717, 1.165) is 14.7 Å². The van der Waals surface area contributed by atoms with Crippen molar-refractivity contribution in [2.75, 3.05) is 0 Å². The third-order valence-electron chi connectivity index (χ3n) is 4.97. The number of halogens is 1. The molecule has 0 N–H and O–H groups in total. The maximum atomic E-state index is 12.2. The Labute approximate surface area is 149 Å². The Hall–Kier alpha value is -0.803. The SMILES string of the molecule is Cc1cccc2c1C(=O)OI2C#C[Si](C(C)C)(C(C)C)C(C)C. The van der Waals surface area contributed by atoms with Gasteiger partial charge in [0.25, 0.3) is 0 Å². The first kappa shape index (κ1) is 18.5.